The summed E-state index contributed by atoms with van der Waals surface area (Å²) in [5.74, 6) is 0.674. The molecule has 0 N–H and O–H groups in total. The molecule has 0 saturated carbocycles. The van der Waals surface area contributed by atoms with Gasteiger partial charge in [-0.1, -0.05) is 48.3 Å². The summed E-state index contributed by atoms with van der Waals surface area (Å²) >= 11 is 12.9. The quantitative estimate of drug-likeness (QED) is 0.186. The molecule has 1 heterocycles. The van der Waals surface area contributed by atoms with Crippen molar-refractivity contribution in [3.05, 3.63) is 93.2 Å². The maximum absolute atomic E-state index is 13.3. The number of aryl methyl sites for hydroxylation is 1. The van der Waals surface area contributed by atoms with E-state index in [0.717, 1.165) is 5.56 Å². The molecule has 0 aliphatic carbocycles. The first kappa shape index (κ1) is 29.5. The lowest BCUT2D eigenvalue weighted by Crippen LogP contribution is -2.27. The highest BCUT2D eigenvalue weighted by Gasteiger charge is 2.25. The molecule has 0 saturated heterocycles. The van der Waals surface area contributed by atoms with Crippen molar-refractivity contribution in [1.82, 2.24) is 5.16 Å². The number of aromatic nitrogens is 1. The van der Waals surface area contributed by atoms with E-state index in [2.05, 4.69) is 9.89 Å². The Bertz CT molecular complexity index is 1630. The summed E-state index contributed by atoms with van der Waals surface area (Å²) in [6, 6.07) is 15.9. The number of hydrogen-bond donors (Lipinski definition) is 0. The highest BCUT2D eigenvalue weighted by Crippen LogP contribution is 2.39. The van der Waals surface area contributed by atoms with Crippen LogP contribution in [0, 0.1) is 6.92 Å². The number of benzene rings is 3. The molecule has 0 aliphatic rings. The Morgan fingerprint density at radius 3 is 2.27 bits per heavy atom. The molecule has 4 rings (SSSR count). The van der Waals surface area contributed by atoms with Crippen molar-refractivity contribution in [1.29, 1.82) is 0 Å². The number of nitrogens with zero attached hydrogens (tertiary/aromatic N) is 2. The van der Waals surface area contributed by atoms with Gasteiger partial charge in [0.2, 0.25) is 0 Å². The number of halogens is 2. The van der Waals surface area contributed by atoms with Gasteiger partial charge >= 0.3 is 5.97 Å². The van der Waals surface area contributed by atoms with Crippen molar-refractivity contribution in [2.24, 2.45) is 0 Å². The highest BCUT2D eigenvalue weighted by atomic mass is 35.5. The summed E-state index contributed by atoms with van der Waals surface area (Å²) in [5.41, 5.74) is 3.21. The maximum Gasteiger partial charge on any atom is 0.337 e. The van der Waals surface area contributed by atoms with Gasteiger partial charge in [0.05, 0.1) is 38.9 Å². The number of rotatable bonds is 9. The maximum atomic E-state index is 13.3. The predicted molar refractivity (Wildman–Crippen MR) is 155 cm³/mol. The van der Waals surface area contributed by atoms with Gasteiger partial charge in [-0.3, -0.25) is 4.31 Å². The first-order valence-corrected chi connectivity index (χ1v) is 14.5. The van der Waals surface area contributed by atoms with Gasteiger partial charge in [-0.25, -0.2) is 13.2 Å². The van der Waals surface area contributed by atoms with Gasteiger partial charge in [0.25, 0.3) is 10.0 Å². The fourth-order valence-corrected chi connectivity index (χ4v) is 6.07. The lowest BCUT2D eigenvalue weighted by atomic mass is 10.0. The Morgan fingerprint density at radius 1 is 1.05 bits per heavy atom. The lowest BCUT2D eigenvalue weighted by Gasteiger charge is -2.22. The normalized spacial score (nSPS) is 11.5. The zero-order valence-electron chi connectivity index (χ0n) is 22.6. The first-order chi connectivity index (χ1) is 18.9. The largest absolute Gasteiger partial charge is 0.489 e. The van der Waals surface area contributed by atoms with Crippen molar-refractivity contribution < 1.29 is 27.2 Å². The van der Waals surface area contributed by atoms with Crippen LogP contribution in [0.15, 0.2) is 70.1 Å². The van der Waals surface area contributed by atoms with E-state index in [0.29, 0.717) is 44.1 Å². The zero-order chi connectivity index (χ0) is 29.2. The minimum absolute atomic E-state index is 0.0331. The molecule has 11 heteroatoms. The molecule has 0 aliphatic heterocycles. The van der Waals surface area contributed by atoms with Gasteiger partial charge < -0.3 is 14.0 Å². The summed E-state index contributed by atoms with van der Waals surface area (Å²) in [6.07, 6.45) is 0. The van der Waals surface area contributed by atoms with E-state index in [1.165, 1.54) is 42.7 Å². The minimum Gasteiger partial charge on any atom is -0.489 e. The van der Waals surface area contributed by atoms with E-state index in [4.69, 9.17) is 32.5 Å². The number of anilines is 1. The second-order valence-corrected chi connectivity index (χ2v) is 12.1. The average Bonchev–Trinajstić information content (AvgIpc) is 3.35. The lowest BCUT2D eigenvalue weighted by molar-refractivity contribution is 0.0600. The van der Waals surface area contributed by atoms with Crippen molar-refractivity contribution in [2.75, 3.05) is 18.5 Å². The van der Waals surface area contributed by atoms with Crippen LogP contribution < -0.4 is 9.04 Å². The highest BCUT2D eigenvalue weighted by molar-refractivity contribution is 7.92. The van der Waals surface area contributed by atoms with Crippen molar-refractivity contribution in [2.45, 2.75) is 38.2 Å². The van der Waals surface area contributed by atoms with E-state index in [1.807, 2.05) is 13.8 Å². The minimum atomic E-state index is -3.89. The van der Waals surface area contributed by atoms with Crippen molar-refractivity contribution in [3.8, 4) is 17.0 Å². The molecule has 4 aromatic rings. The van der Waals surface area contributed by atoms with Crippen molar-refractivity contribution >= 4 is 44.9 Å². The van der Waals surface area contributed by atoms with Crippen molar-refractivity contribution in [3.63, 3.8) is 0 Å². The number of ether oxygens (including phenoxy) is 2. The smallest absolute Gasteiger partial charge is 0.337 e. The number of carbonyl (C=O) groups excluding carboxylic acids is 1. The summed E-state index contributed by atoms with van der Waals surface area (Å²) in [6.45, 7) is 5.90. The molecular weight excluding hydrogens is 575 g/mol. The Morgan fingerprint density at radius 2 is 1.70 bits per heavy atom. The molecule has 0 unspecified atom stereocenters. The molecular formula is C29H28Cl2N2O6S. The molecule has 1 aromatic heterocycles. The van der Waals surface area contributed by atoms with Crippen LogP contribution >= 0.6 is 23.2 Å². The molecule has 40 heavy (non-hydrogen) atoms. The standard InChI is InChI=1S/C29H28Cl2N2O6S/c1-17(2)28-22(27(32-39-28)26-23(30)7-6-8-24(26)31)16-38-20-11-14-25(18(3)15-20)33(4)40(35,36)21-12-9-19(10-13-21)29(34)37-5/h6-15,17H,16H2,1-5H3. The molecule has 0 spiro atoms. The van der Waals surface area contributed by atoms with Gasteiger partial charge in [0, 0.05) is 18.5 Å². The van der Waals surface area contributed by atoms with Gasteiger partial charge in [-0.05, 0) is 67.1 Å². The van der Waals surface area contributed by atoms with Crippen LogP contribution in [-0.4, -0.2) is 33.7 Å². The second kappa shape index (κ2) is 11.9. The third kappa shape index (κ3) is 5.82. The van der Waals surface area contributed by atoms with Crippen LogP contribution in [0.3, 0.4) is 0 Å². The van der Waals surface area contributed by atoms with Gasteiger partial charge in [0.15, 0.2) is 0 Å². The number of esters is 1. The number of sulfonamides is 1. The summed E-state index contributed by atoms with van der Waals surface area (Å²) in [7, 11) is -1.16. The predicted octanol–water partition coefficient (Wildman–Crippen LogP) is 7.27. The Hall–Kier alpha value is -3.53. The number of hydrogen-bond acceptors (Lipinski definition) is 7. The number of methoxy groups -OCH3 is 1. The first-order valence-electron chi connectivity index (χ1n) is 12.3. The average molecular weight is 604 g/mol. The Kier molecular flexibility index (Phi) is 8.77. The molecule has 0 bridgehead atoms. The molecule has 210 valence electrons. The molecule has 8 nitrogen and oxygen atoms in total. The van der Waals surface area contributed by atoms with Crippen LogP contribution in [0.4, 0.5) is 5.69 Å². The second-order valence-electron chi connectivity index (χ2n) is 9.35. The van der Waals surface area contributed by atoms with Crippen LogP contribution in [-0.2, 0) is 21.4 Å². The van der Waals surface area contributed by atoms with E-state index >= 15 is 0 Å². The van der Waals surface area contributed by atoms with Gasteiger partial charge in [-0.2, -0.15) is 0 Å². The zero-order valence-corrected chi connectivity index (χ0v) is 24.9. The fraction of sp³-hybridized carbons (Fsp3) is 0.241. The Labute approximate surface area is 243 Å². The van der Waals surface area contributed by atoms with E-state index in [-0.39, 0.29) is 23.0 Å². The molecule has 0 atom stereocenters. The van der Waals surface area contributed by atoms with Crippen LogP contribution in [0.1, 0.15) is 47.0 Å². The van der Waals surface area contributed by atoms with E-state index in [1.54, 1.807) is 43.3 Å². The topological polar surface area (TPSA) is 98.9 Å². The summed E-state index contributed by atoms with van der Waals surface area (Å²) in [4.78, 5) is 11.7. The van der Waals surface area contributed by atoms with E-state index in [9.17, 15) is 13.2 Å². The molecule has 0 amide bonds. The van der Waals surface area contributed by atoms with Crippen LogP contribution in [0.5, 0.6) is 5.75 Å². The third-order valence-corrected chi connectivity index (χ3v) is 8.78. The van der Waals surface area contributed by atoms with Gasteiger partial charge in [-0.15, -0.1) is 0 Å². The molecule has 0 radical (unpaired) electrons. The fourth-order valence-electron chi connectivity index (χ4n) is 4.23. The molecule has 0 fully saturated rings. The van der Waals surface area contributed by atoms with Gasteiger partial charge in [0.1, 0.15) is 23.8 Å². The van der Waals surface area contributed by atoms with E-state index < -0.39 is 16.0 Å². The number of carbonyl (C=O) groups is 1. The Balaban J connectivity index is 1.58. The SMILES string of the molecule is COC(=O)c1ccc(S(=O)(=O)N(C)c2ccc(OCc3c(-c4c(Cl)cccc4Cl)noc3C(C)C)cc2C)cc1. The van der Waals surface area contributed by atoms with Crippen LogP contribution in [0.2, 0.25) is 10.0 Å². The summed E-state index contributed by atoms with van der Waals surface area (Å²) < 4.78 is 44.2. The summed E-state index contributed by atoms with van der Waals surface area (Å²) in [5, 5.41) is 5.14. The monoisotopic (exact) mass is 602 g/mol. The van der Waals surface area contributed by atoms with Crippen LogP contribution in [0.25, 0.3) is 11.3 Å². The third-order valence-electron chi connectivity index (χ3n) is 6.37. The molecule has 3 aromatic carbocycles.